The average molecular weight is 250 g/mol. The second-order valence-electron chi connectivity index (χ2n) is 3.67. The predicted molar refractivity (Wildman–Crippen MR) is 69.2 cm³/mol. The number of ether oxygens (including phenoxy) is 1. The van der Waals surface area contributed by atoms with Crippen molar-refractivity contribution in [1.82, 2.24) is 10.6 Å². The molecule has 5 N–H and O–H groups in total. The lowest BCUT2D eigenvalue weighted by molar-refractivity contribution is 0.144. The molecule has 0 unspecified atom stereocenters. The highest BCUT2D eigenvalue weighted by molar-refractivity contribution is 5.74. The molecule has 1 aromatic carbocycles. The minimum Gasteiger partial charge on any atom is -0.449 e. The lowest BCUT2D eigenvalue weighted by Gasteiger charge is -2.07. The molecule has 6 nitrogen and oxygen atoms in total. The number of benzene rings is 1. The minimum absolute atomic E-state index is 0.0801. The van der Waals surface area contributed by atoms with Crippen LogP contribution in [0.2, 0.25) is 0 Å². The van der Waals surface area contributed by atoms with Crippen LogP contribution in [-0.4, -0.2) is 25.2 Å². The second kappa shape index (κ2) is 7.94. The van der Waals surface area contributed by atoms with Gasteiger partial charge in [0, 0.05) is 13.1 Å². The van der Waals surface area contributed by atoms with Crippen molar-refractivity contribution in [3.8, 4) is 0 Å². The first kappa shape index (κ1) is 13.8. The monoisotopic (exact) mass is 250 g/mol. The van der Waals surface area contributed by atoms with Crippen LogP contribution in [0.3, 0.4) is 0 Å². The normalized spacial score (nSPS) is 9.56. The number of carbonyl (C=O) groups is 1. The van der Waals surface area contributed by atoms with Crippen molar-refractivity contribution >= 4 is 12.1 Å². The zero-order valence-corrected chi connectivity index (χ0v) is 10.1. The fraction of sp³-hybridized carbons (Fsp3) is 0.333. The summed E-state index contributed by atoms with van der Waals surface area (Å²) < 4.78 is 4.94. The largest absolute Gasteiger partial charge is 0.449 e. The summed E-state index contributed by atoms with van der Waals surface area (Å²) >= 11 is 0. The van der Waals surface area contributed by atoms with Crippen LogP contribution < -0.4 is 16.4 Å². The van der Waals surface area contributed by atoms with Gasteiger partial charge in [0.05, 0.1) is 6.61 Å². The number of alkyl carbamates (subject to hydrolysis) is 1. The molecule has 0 saturated heterocycles. The van der Waals surface area contributed by atoms with Crippen LogP contribution in [-0.2, 0) is 11.3 Å². The number of rotatable bonds is 6. The van der Waals surface area contributed by atoms with Crippen LogP contribution in [0.15, 0.2) is 30.3 Å². The Morgan fingerprint density at radius 2 is 2.00 bits per heavy atom. The summed E-state index contributed by atoms with van der Waals surface area (Å²) in [6, 6.07) is 9.60. The highest BCUT2D eigenvalue weighted by Gasteiger charge is 2.01. The predicted octanol–water partition coefficient (Wildman–Crippen LogP) is 0.786. The Morgan fingerprint density at radius 1 is 1.28 bits per heavy atom. The van der Waals surface area contributed by atoms with E-state index in [-0.39, 0.29) is 5.96 Å². The summed E-state index contributed by atoms with van der Waals surface area (Å²) in [6.07, 6.45) is 0.167. The molecule has 0 heterocycles. The standard InChI is InChI=1S/C12H18N4O2/c13-11(14)15-7-4-8-18-12(17)16-9-10-5-2-1-3-6-10/h1-3,5-6H,4,7-9H2,(H,16,17)(H4,13,14,15). The molecule has 0 fully saturated rings. The fourth-order valence-corrected chi connectivity index (χ4v) is 1.28. The minimum atomic E-state index is -0.443. The van der Waals surface area contributed by atoms with E-state index in [1.165, 1.54) is 0 Å². The van der Waals surface area contributed by atoms with Crippen molar-refractivity contribution < 1.29 is 9.53 Å². The molecule has 0 aliphatic carbocycles. The molecular formula is C12H18N4O2. The number of nitrogens with one attached hydrogen (secondary N) is 3. The SMILES string of the molecule is N=C(N)NCCCOC(=O)NCc1ccccc1. The number of nitrogens with two attached hydrogens (primary N) is 1. The van der Waals surface area contributed by atoms with E-state index < -0.39 is 6.09 Å². The Bertz CT molecular complexity index is 381. The van der Waals surface area contributed by atoms with Gasteiger partial charge >= 0.3 is 6.09 Å². The molecule has 0 radical (unpaired) electrons. The van der Waals surface area contributed by atoms with E-state index in [2.05, 4.69) is 10.6 Å². The Labute approximate surface area is 106 Å². The first-order valence-electron chi connectivity index (χ1n) is 5.71. The third-order valence-electron chi connectivity index (χ3n) is 2.15. The molecular weight excluding hydrogens is 232 g/mol. The molecule has 0 saturated carbocycles. The fourth-order valence-electron chi connectivity index (χ4n) is 1.28. The van der Waals surface area contributed by atoms with E-state index in [1.807, 2.05) is 30.3 Å². The quantitative estimate of drug-likeness (QED) is 0.340. The third kappa shape index (κ3) is 6.37. The topological polar surface area (TPSA) is 100 Å². The molecule has 0 spiro atoms. The van der Waals surface area contributed by atoms with E-state index >= 15 is 0 Å². The van der Waals surface area contributed by atoms with E-state index in [1.54, 1.807) is 0 Å². The van der Waals surface area contributed by atoms with E-state index in [9.17, 15) is 4.79 Å². The lowest BCUT2D eigenvalue weighted by Crippen LogP contribution is -2.32. The maximum Gasteiger partial charge on any atom is 0.407 e. The van der Waals surface area contributed by atoms with Gasteiger partial charge in [-0.25, -0.2) is 4.79 Å². The van der Waals surface area contributed by atoms with E-state index in [0.29, 0.717) is 26.1 Å². The van der Waals surface area contributed by atoms with Gasteiger partial charge in [0.25, 0.3) is 0 Å². The van der Waals surface area contributed by atoms with Crippen LogP contribution in [0.4, 0.5) is 4.79 Å². The van der Waals surface area contributed by atoms with Crippen LogP contribution >= 0.6 is 0 Å². The summed E-state index contributed by atoms with van der Waals surface area (Å²) in [5.74, 6) is -0.0801. The van der Waals surface area contributed by atoms with Crippen molar-refractivity contribution in [2.24, 2.45) is 5.73 Å². The molecule has 18 heavy (non-hydrogen) atoms. The van der Waals surface area contributed by atoms with Crippen LogP contribution in [0.1, 0.15) is 12.0 Å². The molecule has 0 aliphatic rings. The first-order chi connectivity index (χ1) is 8.68. The molecule has 1 rings (SSSR count). The van der Waals surface area contributed by atoms with Gasteiger partial charge in [-0.1, -0.05) is 30.3 Å². The number of carbonyl (C=O) groups excluding carboxylic acids is 1. The Morgan fingerprint density at radius 3 is 2.67 bits per heavy atom. The van der Waals surface area contributed by atoms with Crippen molar-refractivity contribution in [3.05, 3.63) is 35.9 Å². The van der Waals surface area contributed by atoms with Crippen LogP contribution in [0, 0.1) is 5.41 Å². The van der Waals surface area contributed by atoms with Crippen molar-refractivity contribution in [2.75, 3.05) is 13.2 Å². The van der Waals surface area contributed by atoms with Gasteiger partial charge in [-0.15, -0.1) is 0 Å². The molecule has 98 valence electrons. The van der Waals surface area contributed by atoms with Crippen LogP contribution in [0.5, 0.6) is 0 Å². The Hall–Kier alpha value is -2.24. The summed E-state index contributed by atoms with van der Waals surface area (Å²) in [4.78, 5) is 11.3. The molecule has 0 atom stereocenters. The highest BCUT2D eigenvalue weighted by Crippen LogP contribution is 1.97. The Kier molecular flexibility index (Phi) is 6.10. The van der Waals surface area contributed by atoms with E-state index in [4.69, 9.17) is 15.9 Å². The molecule has 0 bridgehead atoms. The smallest absolute Gasteiger partial charge is 0.407 e. The number of hydrogen-bond donors (Lipinski definition) is 4. The highest BCUT2D eigenvalue weighted by atomic mass is 16.5. The van der Waals surface area contributed by atoms with Gasteiger partial charge in [-0.2, -0.15) is 0 Å². The van der Waals surface area contributed by atoms with Gasteiger partial charge in [0.1, 0.15) is 0 Å². The summed E-state index contributed by atoms with van der Waals surface area (Å²) in [7, 11) is 0. The van der Waals surface area contributed by atoms with Gasteiger partial charge in [-0.3, -0.25) is 5.41 Å². The summed E-state index contributed by atoms with van der Waals surface area (Å²) in [5, 5.41) is 12.2. The lowest BCUT2D eigenvalue weighted by atomic mass is 10.2. The van der Waals surface area contributed by atoms with Crippen molar-refractivity contribution in [2.45, 2.75) is 13.0 Å². The number of amides is 1. The number of hydrogen-bond acceptors (Lipinski definition) is 3. The Balaban J connectivity index is 2.06. The zero-order valence-electron chi connectivity index (χ0n) is 10.1. The average Bonchev–Trinajstić information content (AvgIpc) is 2.37. The first-order valence-corrected chi connectivity index (χ1v) is 5.71. The zero-order chi connectivity index (χ0) is 13.2. The van der Waals surface area contributed by atoms with Gasteiger partial charge in [0.15, 0.2) is 5.96 Å². The second-order valence-corrected chi connectivity index (χ2v) is 3.67. The molecule has 1 aromatic rings. The van der Waals surface area contributed by atoms with Gasteiger partial charge in [0.2, 0.25) is 0 Å². The summed E-state index contributed by atoms with van der Waals surface area (Å²) in [6.45, 7) is 1.26. The molecule has 0 aromatic heterocycles. The number of guanidine groups is 1. The van der Waals surface area contributed by atoms with Crippen molar-refractivity contribution in [1.29, 1.82) is 5.41 Å². The molecule has 1 amide bonds. The van der Waals surface area contributed by atoms with E-state index in [0.717, 1.165) is 5.56 Å². The third-order valence-corrected chi connectivity index (χ3v) is 2.15. The maximum absolute atomic E-state index is 11.3. The van der Waals surface area contributed by atoms with Crippen LogP contribution in [0.25, 0.3) is 0 Å². The van der Waals surface area contributed by atoms with Gasteiger partial charge in [-0.05, 0) is 12.0 Å². The summed E-state index contributed by atoms with van der Waals surface area (Å²) in [5.41, 5.74) is 6.12. The molecule has 6 heteroatoms. The van der Waals surface area contributed by atoms with Gasteiger partial charge < -0.3 is 21.1 Å². The molecule has 0 aliphatic heterocycles. The van der Waals surface area contributed by atoms with Crippen molar-refractivity contribution in [3.63, 3.8) is 0 Å². The maximum atomic E-state index is 11.3.